The van der Waals surface area contributed by atoms with Gasteiger partial charge in [-0.05, 0) is 55.6 Å². The lowest BCUT2D eigenvalue weighted by Gasteiger charge is -2.38. The summed E-state index contributed by atoms with van der Waals surface area (Å²) in [4.78, 5) is 11.9. The van der Waals surface area contributed by atoms with Crippen LogP contribution in [0.1, 0.15) is 37.3 Å². The van der Waals surface area contributed by atoms with E-state index < -0.39 is 0 Å². The van der Waals surface area contributed by atoms with Crippen molar-refractivity contribution in [1.29, 1.82) is 0 Å². The molecule has 4 rings (SSSR count). The highest BCUT2D eigenvalue weighted by atomic mass is 16.2. The summed E-state index contributed by atoms with van der Waals surface area (Å²) >= 11 is 0. The maximum Gasteiger partial charge on any atom is 0.220 e. The standard InChI is InChI=1S/C17H21NO/c1-11-17(10-16(19)18-11)14-6-7-15(17)9-13-5-3-2-4-12(13)8-14/h2-5,11,14-15H,6-10H2,1H3,(H,18,19). The lowest BCUT2D eigenvalue weighted by molar-refractivity contribution is -0.120. The molecule has 1 saturated heterocycles. The van der Waals surface area contributed by atoms with Gasteiger partial charge >= 0.3 is 0 Å². The van der Waals surface area contributed by atoms with Gasteiger partial charge in [0.1, 0.15) is 0 Å². The Bertz CT molecular complexity index is 503. The van der Waals surface area contributed by atoms with Gasteiger partial charge in [0, 0.05) is 17.9 Å². The van der Waals surface area contributed by atoms with Gasteiger partial charge in [-0.2, -0.15) is 0 Å². The van der Waals surface area contributed by atoms with E-state index in [0.29, 0.717) is 17.9 Å². The van der Waals surface area contributed by atoms with E-state index in [9.17, 15) is 4.79 Å². The molecule has 1 aromatic rings. The number of benzene rings is 1. The summed E-state index contributed by atoms with van der Waals surface area (Å²) in [6.45, 7) is 2.23. The number of carbonyl (C=O) groups excluding carboxylic acids is 1. The molecule has 100 valence electrons. The molecule has 2 fully saturated rings. The topological polar surface area (TPSA) is 29.1 Å². The van der Waals surface area contributed by atoms with Gasteiger partial charge in [-0.15, -0.1) is 0 Å². The lowest BCUT2D eigenvalue weighted by Crippen LogP contribution is -2.42. The van der Waals surface area contributed by atoms with Crippen molar-refractivity contribution in [2.24, 2.45) is 17.3 Å². The molecule has 2 bridgehead atoms. The molecule has 2 nitrogen and oxygen atoms in total. The third kappa shape index (κ3) is 1.46. The Morgan fingerprint density at radius 3 is 2.16 bits per heavy atom. The van der Waals surface area contributed by atoms with E-state index >= 15 is 0 Å². The first-order chi connectivity index (χ1) is 9.20. The summed E-state index contributed by atoms with van der Waals surface area (Å²) in [7, 11) is 0. The van der Waals surface area contributed by atoms with Crippen molar-refractivity contribution in [2.75, 3.05) is 0 Å². The zero-order chi connectivity index (χ0) is 13.0. The number of rotatable bonds is 0. The van der Waals surface area contributed by atoms with E-state index in [4.69, 9.17) is 0 Å². The fourth-order valence-corrected chi connectivity index (χ4v) is 5.20. The minimum Gasteiger partial charge on any atom is -0.353 e. The molecule has 3 unspecified atom stereocenters. The van der Waals surface area contributed by atoms with Gasteiger partial charge in [0.25, 0.3) is 0 Å². The van der Waals surface area contributed by atoms with Crippen molar-refractivity contribution in [3.8, 4) is 0 Å². The molecule has 2 heteroatoms. The van der Waals surface area contributed by atoms with Crippen LogP contribution in [0.5, 0.6) is 0 Å². The molecule has 3 atom stereocenters. The van der Waals surface area contributed by atoms with Crippen LogP contribution in [0.25, 0.3) is 0 Å². The van der Waals surface area contributed by atoms with Gasteiger partial charge in [-0.1, -0.05) is 24.3 Å². The van der Waals surface area contributed by atoms with E-state index in [0.717, 1.165) is 6.42 Å². The Kier molecular flexibility index (Phi) is 2.33. The molecule has 1 aromatic carbocycles. The lowest BCUT2D eigenvalue weighted by atomic mass is 9.66. The summed E-state index contributed by atoms with van der Waals surface area (Å²) in [5, 5.41) is 3.19. The summed E-state index contributed by atoms with van der Waals surface area (Å²) in [6.07, 6.45) is 5.71. The normalized spacial score (nSPS) is 40.1. The summed E-state index contributed by atoms with van der Waals surface area (Å²) < 4.78 is 0. The highest BCUT2D eigenvalue weighted by Crippen LogP contribution is 2.58. The molecule has 19 heavy (non-hydrogen) atoms. The maximum absolute atomic E-state index is 11.9. The van der Waals surface area contributed by atoms with E-state index in [1.165, 1.54) is 36.8 Å². The second-order valence-electron chi connectivity index (χ2n) is 6.73. The molecule has 1 amide bonds. The zero-order valence-corrected chi connectivity index (χ0v) is 11.5. The second kappa shape index (κ2) is 3.84. The summed E-state index contributed by atoms with van der Waals surface area (Å²) in [5.74, 6) is 1.65. The van der Waals surface area contributed by atoms with Crippen molar-refractivity contribution in [3.05, 3.63) is 35.4 Å². The number of carbonyl (C=O) groups is 1. The summed E-state index contributed by atoms with van der Waals surface area (Å²) in [6, 6.07) is 9.25. The van der Waals surface area contributed by atoms with Gasteiger partial charge in [-0.3, -0.25) is 4.79 Å². The van der Waals surface area contributed by atoms with E-state index in [1.807, 2.05) is 0 Å². The van der Waals surface area contributed by atoms with Crippen LogP contribution in [0.4, 0.5) is 0 Å². The molecular formula is C17H21NO. The molecule has 0 radical (unpaired) electrons. The van der Waals surface area contributed by atoms with Gasteiger partial charge in [0.05, 0.1) is 0 Å². The first kappa shape index (κ1) is 11.5. The molecule has 1 spiro atoms. The molecule has 0 aromatic heterocycles. The SMILES string of the molecule is CC1NC(=O)CC12C1CCC2Cc2ccccc2C1. The van der Waals surface area contributed by atoms with E-state index in [2.05, 4.69) is 36.5 Å². The second-order valence-corrected chi connectivity index (χ2v) is 6.73. The number of hydrogen-bond donors (Lipinski definition) is 1. The minimum absolute atomic E-state index is 0.232. The van der Waals surface area contributed by atoms with Gasteiger partial charge in [0.15, 0.2) is 0 Å². The highest BCUT2D eigenvalue weighted by molar-refractivity contribution is 5.80. The monoisotopic (exact) mass is 255 g/mol. The number of amides is 1. The van der Waals surface area contributed by atoms with Crippen LogP contribution in [0.3, 0.4) is 0 Å². The molecule has 1 saturated carbocycles. The number of hydrogen-bond acceptors (Lipinski definition) is 1. The quantitative estimate of drug-likeness (QED) is 0.759. The van der Waals surface area contributed by atoms with Crippen molar-refractivity contribution < 1.29 is 4.79 Å². The highest BCUT2D eigenvalue weighted by Gasteiger charge is 2.58. The fourth-order valence-electron chi connectivity index (χ4n) is 5.20. The first-order valence-corrected chi connectivity index (χ1v) is 7.56. The smallest absolute Gasteiger partial charge is 0.220 e. The Morgan fingerprint density at radius 1 is 1.11 bits per heavy atom. The van der Waals surface area contributed by atoms with Crippen molar-refractivity contribution >= 4 is 5.91 Å². The van der Waals surface area contributed by atoms with Crippen molar-refractivity contribution in [2.45, 2.75) is 45.1 Å². The predicted molar refractivity (Wildman–Crippen MR) is 74.7 cm³/mol. The predicted octanol–water partition coefficient (Wildman–Crippen LogP) is 2.71. The fraction of sp³-hybridized carbons (Fsp3) is 0.588. The van der Waals surface area contributed by atoms with Crippen LogP contribution < -0.4 is 5.32 Å². The number of fused-ring (bicyclic) bond motifs is 1. The van der Waals surface area contributed by atoms with E-state index in [-0.39, 0.29) is 11.3 Å². The minimum atomic E-state index is 0.232. The Hall–Kier alpha value is -1.31. The van der Waals surface area contributed by atoms with Crippen LogP contribution in [0.2, 0.25) is 0 Å². The number of nitrogens with one attached hydrogen (secondary N) is 1. The van der Waals surface area contributed by atoms with Crippen LogP contribution in [-0.4, -0.2) is 11.9 Å². The third-order valence-corrected chi connectivity index (χ3v) is 6.09. The van der Waals surface area contributed by atoms with Crippen molar-refractivity contribution in [3.63, 3.8) is 0 Å². The average Bonchev–Trinajstić information content (AvgIpc) is 2.79. The average molecular weight is 255 g/mol. The van der Waals surface area contributed by atoms with Crippen LogP contribution >= 0.6 is 0 Å². The Labute approximate surface area is 114 Å². The molecule has 1 heterocycles. The molecular weight excluding hydrogens is 234 g/mol. The zero-order valence-electron chi connectivity index (χ0n) is 11.5. The Morgan fingerprint density at radius 2 is 1.68 bits per heavy atom. The molecule has 1 N–H and O–H groups in total. The summed E-state index contributed by atoms with van der Waals surface area (Å²) in [5.41, 5.74) is 3.29. The van der Waals surface area contributed by atoms with Crippen LogP contribution in [0, 0.1) is 17.3 Å². The van der Waals surface area contributed by atoms with Gasteiger partial charge in [-0.25, -0.2) is 0 Å². The largest absolute Gasteiger partial charge is 0.353 e. The van der Waals surface area contributed by atoms with Gasteiger partial charge < -0.3 is 5.32 Å². The van der Waals surface area contributed by atoms with Crippen molar-refractivity contribution in [1.82, 2.24) is 5.32 Å². The van der Waals surface area contributed by atoms with Crippen LogP contribution in [-0.2, 0) is 17.6 Å². The molecule has 1 aliphatic heterocycles. The van der Waals surface area contributed by atoms with E-state index in [1.54, 1.807) is 0 Å². The maximum atomic E-state index is 11.9. The first-order valence-electron chi connectivity index (χ1n) is 7.56. The third-order valence-electron chi connectivity index (χ3n) is 6.09. The molecule has 3 aliphatic rings. The molecule has 2 aliphatic carbocycles. The van der Waals surface area contributed by atoms with Crippen LogP contribution in [0.15, 0.2) is 24.3 Å². The Balaban J connectivity index is 1.80. The van der Waals surface area contributed by atoms with Gasteiger partial charge in [0.2, 0.25) is 5.91 Å².